The summed E-state index contributed by atoms with van der Waals surface area (Å²) in [4.78, 5) is 27.5. The zero-order chi connectivity index (χ0) is 19.0. The molecule has 1 aliphatic rings. The fourth-order valence-corrected chi connectivity index (χ4v) is 3.41. The summed E-state index contributed by atoms with van der Waals surface area (Å²) in [6.45, 7) is 2.85. The van der Waals surface area contributed by atoms with E-state index < -0.39 is 5.54 Å². The molecule has 2 aromatic heterocycles. The van der Waals surface area contributed by atoms with Crippen molar-refractivity contribution in [3.63, 3.8) is 0 Å². The fraction of sp³-hybridized carbons (Fsp3) is 0.200. The predicted octanol–water partition coefficient (Wildman–Crippen LogP) is 2.00. The van der Waals surface area contributed by atoms with Gasteiger partial charge in [0.1, 0.15) is 6.33 Å². The van der Waals surface area contributed by atoms with Gasteiger partial charge in [-0.1, -0.05) is 18.2 Å². The first-order chi connectivity index (χ1) is 13.1. The maximum atomic E-state index is 13.3. The molecule has 1 atom stereocenters. The molecule has 1 aliphatic heterocycles. The zero-order valence-electron chi connectivity index (χ0n) is 15.2. The minimum absolute atomic E-state index is 0.171. The molecular weight excluding hydrogens is 340 g/mol. The Balaban J connectivity index is 1.92. The van der Waals surface area contributed by atoms with Gasteiger partial charge >= 0.3 is 0 Å². The van der Waals surface area contributed by atoms with E-state index in [2.05, 4.69) is 15.0 Å². The first kappa shape index (κ1) is 17.0. The number of guanidine groups is 1. The molecule has 2 N–H and O–H groups in total. The molecule has 3 heterocycles. The standard InChI is InChI=1S/C20H20N6O/c1-3-26-8-7-17(12-26)20(18(27)25(2)19(21)24-20)16-6-4-5-14(9-16)15-10-22-13-23-11-15/h4-13H,3H2,1-2H3,(H2,21,24). The third-order valence-electron chi connectivity index (χ3n) is 4.95. The number of hydrogen-bond donors (Lipinski definition) is 1. The molecule has 1 amide bonds. The van der Waals surface area contributed by atoms with Crippen molar-refractivity contribution in [2.75, 3.05) is 7.05 Å². The molecule has 0 spiro atoms. The van der Waals surface area contributed by atoms with Gasteiger partial charge in [-0.15, -0.1) is 0 Å². The fourth-order valence-electron chi connectivity index (χ4n) is 3.41. The topological polar surface area (TPSA) is 89.4 Å². The normalized spacial score (nSPS) is 19.4. The number of hydrogen-bond acceptors (Lipinski definition) is 5. The second-order valence-electron chi connectivity index (χ2n) is 6.48. The van der Waals surface area contributed by atoms with Crippen LogP contribution in [0, 0.1) is 0 Å². The molecule has 27 heavy (non-hydrogen) atoms. The van der Waals surface area contributed by atoms with E-state index in [1.807, 2.05) is 54.2 Å². The number of likely N-dealkylation sites (N-methyl/N-ethyl adjacent to an activating group) is 1. The first-order valence-electron chi connectivity index (χ1n) is 8.72. The van der Waals surface area contributed by atoms with E-state index in [1.165, 1.54) is 11.2 Å². The number of rotatable bonds is 4. The van der Waals surface area contributed by atoms with E-state index >= 15 is 0 Å². The summed E-state index contributed by atoms with van der Waals surface area (Å²) in [5, 5.41) is 0. The quantitative estimate of drug-likeness (QED) is 0.770. The monoisotopic (exact) mass is 360 g/mol. The molecule has 0 aliphatic carbocycles. The van der Waals surface area contributed by atoms with Gasteiger partial charge in [0, 0.05) is 49.5 Å². The van der Waals surface area contributed by atoms with Crippen LogP contribution in [0.3, 0.4) is 0 Å². The molecule has 136 valence electrons. The number of aliphatic imine (C=N–C) groups is 1. The SMILES string of the molecule is CCn1ccc(C2(c3cccc(-c4cncnc4)c3)N=C(N)N(C)C2=O)c1. The molecule has 1 unspecified atom stereocenters. The van der Waals surface area contributed by atoms with E-state index in [4.69, 9.17) is 5.73 Å². The zero-order valence-corrected chi connectivity index (χ0v) is 15.2. The Hall–Kier alpha value is -3.48. The third-order valence-corrected chi connectivity index (χ3v) is 4.95. The van der Waals surface area contributed by atoms with Crippen molar-refractivity contribution < 1.29 is 4.79 Å². The summed E-state index contributed by atoms with van der Waals surface area (Å²) in [5.74, 6) is 0.0352. The van der Waals surface area contributed by atoms with Crippen molar-refractivity contribution in [2.45, 2.75) is 19.0 Å². The van der Waals surface area contributed by atoms with Crippen molar-refractivity contribution in [2.24, 2.45) is 10.7 Å². The Morgan fingerprint density at radius 1 is 1.11 bits per heavy atom. The van der Waals surface area contributed by atoms with E-state index in [1.54, 1.807) is 19.4 Å². The van der Waals surface area contributed by atoms with E-state index in [0.717, 1.165) is 28.8 Å². The Morgan fingerprint density at radius 3 is 2.52 bits per heavy atom. The van der Waals surface area contributed by atoms with Crippen molar-refractivity contribution >= 4 is 11.9 Å². The molecule has 1 aromatic carbocycles. The summed E-state index contributed by atoms with van der Waals surface area (Å²) in [6, 6.07) is 9.66. The van der Waals surface area contributed by atoms with Gasteiger partial charge in [0.25, 0.3) is 5.91 Å². The Bertz CT molecular complexity index is 1030. The molecule has 0 saturated heterocycles. The van der Waals surface area contributed by atoms with Gasteiger partial charge in [-0.2, -0.15) is 0 Å². The van der Waals surface area contributed by atoms with Crippen LogP contribution in [-0.2, 0) is 16.9 Å². The lowest BCUT2D eigenvalue weighted by Gasteiger charge is -2.25. The second-order valence-corrected chi connectivity index (χ2v) is 6.48. The second kappa shape index (κ2) is 6.35. The smallest absolute Gasteiger partial charge is 0.266 e. The van der Waals surface area contributed by atoms with Gasteiger partial charge in [-0.05, 0) is 30.2 Å². The number of aryl methyl sites for hydroxylation is 1. The van der Waals surface area contributed by atoms with Gasteiger partial charge in [-0.3, -0.25) is 9.69 Å². The predicted molar refractivity (Wildman–Crippen MR) is 103 cm³/mol. The summed E-state index contributed by atoms with van der Waals surface area (Å²) in [5.41, 5.74) is 8.19. The van der Waals surface area contributed by atoms with Crippen LogP contribution in [0.25, 0.3) is 11.1 Å². The summed E-state index contributed by atoms with van der Waals surface area (Å²) < 4.78 is 2.02. The lowest BCUT2D eigenvalue weighted by molar-refractivity contribution is -0.129. The van der Waals surface area contributed by atoms with Crippen LogP contribution in [0.15, 0.2) is 66.4 Å². The minimum Gasteiger partial charge on any atom is -0.369 e. The van der Waals surface area contributed by atoms with Crippen molar-refractivity contribution in [1.29, 1.82) is 0 Å². The maximum Gasteiger partial charge on any atom is 0.266 e. The van der Waals surface area contributed by atoms with Crippen LogP contribution >= 0.6 is 0 Å². The molecule has 0 saturated carbocycles. The Kier molecular flexibility index (Phi) is 3.99. The largest absolute Gasteiger partial charge is 0.369 e. The highest BCUT2D eigenvalue weighted by Crippen LogP contribution is 2.40. The van der Waals surface area contributed by atoms with Gasteiger partial charge < -0.3 is 10.3 Å². The summed E-state index contributed by atoms with van der Waals surface area (Å²) in [6.07, 6.45) is 8.87. The average molecular weight is 360 g/mol. The highest BCUT2D eigenvalue weighted by Gasteiger charge is 2.50. The van der Waals surface area contributed by atoms with Crippen LogP contribution < -0.4 is 5.73 Å². The molecule has 3 aromatic rings. The van der Waals surface area contributed by atoms with Gasteiger partial charge in [0.05, 0.1) is 0 Å². The minimum atomic E-state index is -1.19. The van der Waals surface area contributed by atoms with Crippen LogP contribution in [0.1, 0.15) is 18.1 Å². The first-order valence-corrected chi connectivity index (χ1v) is 8.72. The highest BCUT2D eigenvalue weighted by atomic mass is 16.2. The number of aromatic nitrogens is 3. The summed E-state index contributed by atoms with van der Waals surface area (Å²) >= 11 is 0. The molecule has 0 bridgehead atoms. The van der Waals surface area contributed by atoms with Crippen LogP contribution in [0.5, 0.6) is 0 Å². The van der Waals surface area contributed by atoms with E-state index in [9.17, 15) is 4.79 Å². The number of benzene rings is 1. The molecule has 7 nitrogen and oxygen atoms in total. The molecule has 7 heteroatoms. The lowest BCUT2D eigenvalue weighted by atomic mass is 9.83. The van der Waals surface area contributed by atoms with Crippen LogP contribution in [0.2, 0.25) is 0 Å². The van der Waals surface area contributed by atoms with Gasteiger partial charge in [0.2, 0.25) is 0 Å². The molecule has 4 rings (SSSR count). The van der Waals surface area contributed by atoms with Crippen molar-refractivity contribution in [3.8, 4) is 11.1 Å². The highest BCUT2D eigenvalue weighted by molar-refractivity contribution is 6.09. The van der Waals surface area contributed by atoms with E-state index in [-0.39, 0.29) is 11.9 Å². The molecule has 0 fully saturated rings. The maximum absolute atomic E-state index is 13.3. The molecular formula is C20H20N6O. The number of carbonyl (C=O) groups is 1. The average Bonchev–Trinajstić information content (AvgIpc) is 3.28. The Labute approximate surface area is 157 Å². The number of nitrogens with two attached hydrogens (primary N) is 1. The van der Waals surface area contributed by atoms with Gasteiger partial charge in [-0.25, -0.2) is 15.0 Å². The third kappa shape index (κ3) is 2.59. The number of carbonyl (C=O) groups excluding carboxylic acids is 1. The lowest BCUT2D eigenvalue weighted by Crippen LogP contribution is -2.41. The van der Waals surface area contributed by atoms with Crippen LogP contribution in [0.4, 0.5) is 0 Å². The van der Waals surface area contributed by atoms with Crippen LogP contribution in [-0.4, -0.2) is 38.3 Å². The van der Waals surface area contributed by atoms with Gasteiger partial charge in [0.15, 0.2) is 11.5 Å². The molecule has 0 radical (unpaired) electrons. The summed E-state index contributed by atoms with van der Waals surface area (Å²) in [7, 11) is 1.65. The number of nitrogens with zero attached hydrogens (tertiary/aromatic N) is 5. The van der Waals surface area contributed by atoms with Crippen molar-refractivity contribution in [3.05, 3.63) is 72.6 Å². The van der Waals surface area contributed by atoms with E-state index in [0.29, 0.717) is 0 Å². The van der Waals surface area contributed by atoms with Crippen molar-refractivity contribution in [1.82, 2.24) is 19.4 Å². The Morgan fingerprint density at radius 2 is 1.89 bits per heavy atom. The number of amides is 1.